The van der Waals surface area contributed by atoms with Crippen molar-refractivity contribution in [3.05, 3.63) is 0 Å². The molecule has 0 aromatic carbocycles. The van der Waals surface area contributed by atoms with Gasteiger partial charge in [-0.2, -0.15) is 0 Å². The van der Waals surface area contributed by atoms with Gasteiger partial charge in [0.25, 0.3) is 11.8 Å². The summed E-state index contributed by atoms with van der Waals surface area (Å²) < 4.78 is 22.8. The molecule has 68 valence electrons. The number of alkyl halides is 2. The Kier molecular flexibility index (Phi) is 4.51. The average Bonchev–Trinajstić information content (AvgIpc) is 2.03. The monoisotopic (exact) mass is 180 g/mol. The zero-order chi connectivity index (χ0) is 9.56. The minimum absolute atomic E-state index is 1.20. The number of halogens is 2. The molecule has 0 rings (SSSR count). The van der Waals surface area contributed by atoms with Crippen LogP contribution in [0.15, 0.2) is 0 Å². The molecule has 0 bridgehead atoms. The van der Waals surface area contributed by atoms with Gasteiger partial charge in [0, 0.05) is 0 Å². The van der Waals surface area contributed by atoms with E-state index >= 15 is 0 Å². The van der Waals surface area contributed by atoms with Crippen molar-refractivity contribution in [3.63, 3.8) is 0 Å². The maximum Gasteiger partial charge on any atom is 0.328 e. The molecule has 0 aromatic heterocycles. The predicted octanol–water partition coefficient (Wildman–Crippen LogP) is -0.722. The van der Waals surface area contributed by atoms with E-state index in [0.717, 1.165) is 0 Å². The van der Waals surface area contributed by atoms with Gasteiger partial charge in [0.15, 0.2) is 13.3 Å². The lowest BCUT2D eigenvalue weighted by atomic mass is 10.6. The Morgan fingerprint density at radius 2 is 1.25 bits per heavy atom. The summed E-state index contributed by atoms with van der Waals surface area (Å²) in [4.78, 5) is 30.7. The standard InChI is InChI=1S/C5H6F2N2O3/c6-1-3(10)8-5(12)9-4(11)2-7/h1-2H2,(H2,8,9,10,11,12). The fourth-order valence-corrected chi connectivity index (χ4v) is 0.351. The van der Waals surface area contributed by atoms with Crippen LogP contribution < -0.4 is 10.6 Å². The Labute approximate surface area is 66.1 Å². The average molecular weight is 180 g/mol. The SMILES string of the molecule is O=C(CF)NC(=O)NC(=O)CF. The van der Waals surface area contributed by atoms with Crippen LogP contribution in [-0.4, -0.2) is 31.2 Å². The molecule has 0 aliphatic rings. The molecule has 0 saturated heterocycles. The second-order valence-electron chi connectivity index (χ2n) is 1.69. The molecule has 7 heteroatoms. The van der Waals surface area contributed by atoms with Crippen LogP contribution in [0.4, 0.5) is 13.6 Å². The van der Waals surface area contributed by atoms with Crippen molar-refractivity contribution in [3.8, 4) is 0 Å². The summed E-state index contributed by atoms with van der Waals surface area (Å²) >= 11 is 0. The smallest absolute Gasteiger partial charge is 0.275 e. The van der Waals surface area contributed by atoms with Gasteiger partial charge in [0.2, 0.25) is 0 Å². The summed E-state index contributed by atoms with van der Waals surface area (Å²) in [5.41, 5.74) is 0. The third-order valence-electron chi connectivity index (χ3n) is 0.749. The lowest BCUT2D eigenvalue weighted by Crippen LogP contribution is -2.43. The van der Waals surface area contributed by atoms with E-state index in [0.29, 0.717) is 0 Å². The maximum absolute atomic E-state index is 11.4. The Balaban J connectivity index is 3.74. The fraction of sp³-hybridized carbons (Fsp3) is 0.400. The normalized spacial score (nSPS) is 8.83. The van der Waals surface area contributed by atoms with E-state index in [2.05, 4.69) is 0 Å². The van der Waals surface area contributed by atoms with Gasteiger partial charge in [-0.15, -0.1) is 0 Å². The summed E-state index contributed by atoms with van der Waals surface area (Å²) in [6, 6.07) is -1.24. The van der Waals surface area contributed by atoms with Crippen molar-refractivity contribution in [1.29, 1.82) is 0 Å². The van der Waals surface area contributed by atoms with Crippen LogP contribution in [0, 0.1) is 0 Å². The van der Waals surface area contributed by atoms with E-state index in [-0.39, 0.29) is 0 Å². The minimum atomic E-state index is -1.38. The molecule has 0 heterocycles. The second kappa shape index (κ2) is 5.16. The Hall–Kier alpha value is -1.53. The van der Waals surface area contributed by atoms with E-state index in [1.54, 1.807) is 0 Å². The second-order valence-corrected chi connectivity index (χ2v) is 1.69. The molecule has 4 amide bonds. The van der Waals surface area contributed by atoms with Crippen LogP contribution in [0.2, 0.25) is 0 Å². The molecule has 0 spiro atoms. The van der Waals surface area contributed by atoms with Gasteiger partial charge in [-0.25, -0.2) is 13.6 Å². The van der Waals surface area contributed by atoms with Crippen molar-refractivity contribution >= 4 is 17.8 Å². The first-order valence-electron chi connectivity index (χ1n) is 2.85. The molecule has 0 radical (unpaired) electrons. The molecule has 0 fully saturated rings. The predicted molar refractivity (Wildman–Crippen MR) is 33.6 cm³/mol. The summed E-state index contributed by atoms with van der Waals surface area (Å²) in [5, 5.41) is 2.89. The van der Waals surface area contributed by atoms with Crippen molar-refractivity contribution in [2.45, 2.75) is 0 Å². The highest BCUT2D eigenvalue weighted by Crippen LogP contribution is 1.72. The first kappa shape index (κ1) is 10.5. The molecule has 0 aromatic rings. The Bertz CT molecular complexity index is 187. The third-order valence-corrected chi connectivity index (χ3v) is 0.749. The van der Waals surface area contributed by atoms with Crippen LogP contribution in [0.5, 0.6) is 0 Å². The maximum atomic E-state index is 11.4. The molecule has 2 N–H and O–H groups in total. The number of rotatable bonds is 2. The molecule has 0 saturated carbocycles. The van der Waals surface area contributed by atoms with Crippen LogP contribution in [-0.2, 0) is 9.59 Å². The summed E-state index contributed by atoms with van der Waals surface area (Å²) in [7, 11) is 0. The number of nitrogens with one attached hydrogen (secondary N) is 2. The van der Waals surface area contributed by atoms with Gasteiger partial charge in [0.1, 0.15) is 0 Å². The number of carbonyl (C=O) groups excluding carboxylic acids is 3. The largest absolute Gasteiger partial charge is 0.328 e. The van der Waals surface area contributed by atoms with Crippen LogP contribution in [0.25, 0.3) is 0 Å². The number of amides is 4. The molecular weight excluding hydrogens is 174 g/mol. The van der Waals surface area contributed by atoms with E-state index < -0.39 is 31.2 Å². The Morgan fingerprint density at radius 1 is 0.917 bits per heavy atom. The first-order valence-corrected chi connectivity index (χ1v) is 2.85. The van der Waals surface area contributed by atoms with E-state index in [1.165, 1.54) is 10.6 Å². The zero-order valence-electron chi connectivity index (χ0n) is 5.89. The van der Waals surface area contributed by atoms with Crippen molar-refractivity contribution in [2.75, 3.05) is 13.3 Å². The van der Waals surface area contributed by atoms with Gasteiger partial charge in [-0.1, -0.05) is 0 Å². The molecule has 5 nitrogen and oxygen atoms in total. The summed E-state index contributed by atoms with van der Waals surface area (Å²) in [6.07, 6.45) is 0. The fourth-order valence-electron chi connectivity index (χ4n) is 0.351. The molecule has 0 aliphatic carbocycles. The van der Waals surface area contributed by atoms with Crippen LogP contribution in [0.3, 0.4) is 0 Å². The summed E-state index contributed by atoms with van der Waals surface area (Å²) in [5.74, 6) is -2.39. The van der Waals surface area contributed by atoms with Crippen LogP contribution >= 0.6 is 0 Å². The Morgan fingerprint density at radius 3 is 1.50 bits per heavy atom. The van der Waals surface area contributed by atoms with Crippen LogP contribution in [0.1, 0.15) is 0 Å². The highest BCUT2D eigenvalue weighted by molar-refractivity contribution is 6.02. The van der Waals surface area contributed by atoms with Gasteiger partial charge < -0.3 is 0 Å². The van der Waals surface area contributed by atoms with Crippen molar-refractivity contribution in [1.82, 2.24) is 10.6 Å². The molecule has 0 unspecified atom stereocenters. The lowest BCUT2D eigenvalue weighted by molar-refractivity contribution is -0.121. The topological polar surface area (TPSA) is 75.3 Å². The van der Waals surface area contributed by atoms with Gasteiger partial charge in [-0.3, -0.25) is 20.2 Å². The summed E-state index contributed by atoms with van der Waals surface area (Å²) in [6.45, 7) is -2.76. The third kappa shape index (κ3) is 4.31. The zero-order valence-corrected chi connectivity index (χ0v) is 5.89. The number of hydrogen-bond acceptors (Lipinski definition) is 3. The van der Waals surface area contributed by atoms with Crippen molar-refractivity contribution in [2.24, 2.45) is 0 Å². The van der Waals surface area contributed by atoms with E-state index in [4.69, 9.17) is 0 Å². The molecule has 12 heavy (non-hydrogen) atoms. The lowest BCUT2D eigenvalue weighted by Gasteiger charge is -2.00. The first-order chi connectivity index (χ1) is 5.60. The quantitative estimate of drug-likeness (QED) is 0.588. The molecular formula is C5H6F2N2O3. The molecule has 0 aliphatic heterocycles. The van der Waals surface area contributed by atoms with Gasteiger partial charge in [-0.05, 0) is 0 Å². The number of carbonyl (C=O) groups is 3. The van der Waals surface area contributed by atoms with E-state index in [1.807, 2.05) is 0 Å². The number of urea groups is 1. The highest BCUT2D eigenvalue weighted by Gasteiger charge is 2.09. The van der Waals surface area contributed by atoms with E-state index in [9.17, 15) is 23.2 Å². The van der Waals surface area contributed by atoms with Gasteiger partial charge >= 0.3 is 6.03 Å². The van der Waals surface area contributed by atoms with Crippen molar-refractivity contribution < 1.29 is 23.2 Å². The number of hydrogen-bond donors (Lipinski definition) is 2. The minimum Gasteiger partial charge on any atom is -0.275 e. The highest BCUT2D eigenvalue weighted by atomic mass is 19.1. The number of imide groups is 2. The van der Waals surface area contributed by atoms with Gasteiger partial charge in [0.05, 0.1) is 0 Å². The molecule has 0 atom stereocenters.